The number of urea groups is 1. The van der Waals surface area contributed by atoms with Gasteiger partial charge in [0, 0.05) is 26.3 Å². The lowest BCUT2D eigenvalue weighted by atomic mass is 9.85. The molecule has 1 saturated carbocycles. The van der Waals surface area contributed by atoms with Crippen LogP contribution in [0.15, 0.2) is 89.0 Å². The van der Waals surface area contributed by atoms with Crippen LogP contribution in [0.5, 0.6) is 0 Å². The van der Waals surface area contributed by atoms with Crippen LogP contribution < -0.4 is 10.6 Å². The van der Waals surface area contributed by atoms with Gasteiger partial charge in [-0.05, 0) is 66.5 Å². The minimum Gasteiger partial charge on any atom is -0.411 e. The number of carbonyl (C=O) groups is 2. The molecular formula is C36H48N6O6S. The Balaban J connectivity index is 1.56. The normalized spacial score (nSPS) is 16.0. The van der Waals surface area contributed by atoms with E-state index in [0.717, 1.165) is 24.8 Å². The van der Waals surface area contributed by atoms with E-state index in [9.17, 15) is 23.1 Å². The fraction of sp³-hybridized carbons (Fsp3) is 0.444. The number of hydrogen-bond acceptors (Lipinski definition) is 8. The van der Waals surface area contributed by atoms with Gasteiger partial charge in [0.25, 0.3) is 0 Å². The van der Waals surface area contributed by atoms with Gasteiger partial charge in [0.05, 0.1) is 35.5 Å². The van der Waals surface area contributed by atoms with Gasteiger partial charge in [0.15, 0.2) is 0 Å². The zero-order valence-electron chi connectivity index (χ0n) is 28.4. The number of nitrogens with zero attached hydrogens (tertiary/aromatic N) is 4. The smallest absolute Gasteiger partial charge is 0.318 e. The number of pyridine rings is 1. The maximum atomic E-state index is 14.0. The molecule has 0 bridgehead atoms. The summed E-state index contributed by atoms with van der Waals surface area (Å²) in [6.07, 6.45) is 5.22. The van der Waals surface area contributed by atoms with Crippen molar-refractivity contribution in [3.8, 4) is 0 Å². The van der Waals surface area contributed by atoms with Gasteiger partial charge < -0.3 is 25.8 Å². The molecule has 2 aromatic carbocycles. The number of rotatable bonds is 17. The molecule has 13 heteroatoms. The monoisotopic (exact) mass is 692 g/mol. The molecule has 1 aromatic heterocycles. The van der Waals surface area contributed by atoms with E-state index >= 15 is 0 Å². The Bertz CT molecular complexity index is 1620. The van der Waals surface area contributed by atoms with Crippen molar-refractivity contribution in [1.82, 2.24) is 24.8 Å². The summed E-state index contributed by atoms with van der Waals surface area (Å²) in [7, 11) is -2.41. The van der Waals surface area contributed by atoms with Crippen molar-refractivity contribution >= 4 is 28.2 Å². The molecule has 0 spiro atoms. The minimum atomic E-state index is -4.03. The number of hydrogen-bond donors (Lipinski definition) is 4. The number of aromatic nitrogens is 1. The summed E-state index contributed by atoms with van der Waals surface area (Å²) in [5.41, 5.74) is 2.08. The topological polar surface area (TPSA) is 165 Å². The van der Waals surface area contributed by atoms with Crippen LogP contribution in [0.25, 0.3) is 0 Å². The summed E-state index contributed by atoms with van der Waals surface area (Å²) in [5, 5.41) is 29.5. The summed E-state index contributed by atoms with van der Waals surface area (Å²) in [5.74, 6) is -0.544. The number of aliphatic hydroxyl groups is 1. The second-order valence-corrected chi connectivity index (χ2v) is 14.7. The molecule has 1 aliphatic rings. The van der Waals surface area contributed by atoms with Gasteiger partial charge in [-0.2, -0.15) is 4.31 Å². The fourth-order valence-electron chi connectivity index (χ4n) is 5.69. The maximum absolute atomic E-state index is 14.0. The van der Waals surface area contributed by atoms with Gasteiger partial charge in [0.1, 0.15) is 6.04 Å². The molecule has 12 nitrogen and oxygen atoms in total. The van der Waals surface area contributed by atoms with E-state index in [2.05, 4.69) is 20.8 Å². The van der Waals surface area contributed by atoms with Crippen LogP contribution in [0.4, 0.5) is 4.79 Å². The number of benzene rings is 2. The van der Waals surface area contributed by atoms with Crippen LogP contribution in [0.2, 0.25) is 0 Å². The first kappa shape index (κ1) is 37.5. The first-order chi connectivity index (χ1) is 23.5. The lowest BCUT2D eigenvalue weighted by Crippen LogP contribution is -2.58. The van der Waals surface area contributed by atoms with Crippen molar-refractivity contribution in [3.63, 3.8) is 0 Å². The molecule has 4 N–H and O–H groups in total. The summed E-state index contributed by atoms with van der Waals surface area (Å²) >= 11 is 0. The summed E-state index contributed by atoms with van der Waals surface area (Å²) in [6, 6.07) is 18.5. The van der Waals surface area contributed by atoms with Crippen LogP contribution in [-0.4, -0.2) is 89.4 Å². The highest BCUT2D eigenvalue weighted by Crippen LogP contribution is 2.30. The van der Waals surface area contributed by atoms with Crippen LogP contribution in [0.3, 0.4) is 0 Å². The fourth-order valence-corrected chi connectivity index (χ4v) is 7.22. The number of sulfonamides is 1. The van der Waals surface area contributed by atoms with Gasteiger partial charge >= 0.3 is 6.03 Å². The third-order valence-electron chi connectivity index (χ3n) is 9.14. The molecular weight excluding hydrogens is 644 g/mol. The maximum Gasteiger partial charge on any atom is 0.318 e. The SMILES string of the molecule is CC[C@H](C)[C@H](NC(=O)N(C)Cc1ccccn1)C(=O)N[C@@H](Cc1ccccc1)[C@H](O)CN(CC1CCC1)S(=O)(=O)c1ccc(C=NO)cc1. The van der Waals surface area contributed by atoms with Gasteiger partial charge in [-0.15, -0.1) is 0 Å². The highest BCUT2D eigenvalue weighted by atomic mass is 32.2. The quantitative estimate of drug-likeness (QED) is 0.0943. The van der Waals surface area contributed by atoms with E-state index in [0.29, 0.717) is 17.7 Å². The Kier molecular flexibility index (Phi) is 13.7. The molecule has 0 radical (unpaired) electrons. The molecule has 4 rings (SSSR count). The third kappa shape index (κ3) is 10.6. The number of carbonyl (C=O) groups excluding carboxylic acids is 2. The molecule has 3 aromatic rings. The largest absolute Gasteiger partial charge is 0.411 e. The second kappa shape index (κ2) is 17.9. The van der Waals surface area contributed by atoms with Gasteiger partial charge in [0.2, 0.25) is 15.9 Å². The van der Waals surface area contributed by atoms with Gasteiger partial charge in [-0.3, -0.25) is 9.78 Å². The summed E-state index contributed by atoms with van der Waals surface area (Å²) < 4.78 is 29.2. The number of amides is 3. The summed E-state index contributed by atoms with van der Waals surface area (Å²) in [4.78, 5) is 33.0. The average molecular weight is 693 g/mol. The van der Waals surface area contributed by atoms with Crippen molar-refractivity contribution in [2.45, 2.75) is 75.6 Å². The second-order valence-electron chi connectivity index (χ2n) is 12.8. The van der Waals surface area contributed by atoms with E-state index in [1.54, 1.807) is 31.4 Å². The predicted molar refractivity (Wildman–Crippen MR) is 187 cm³/mol. The van der Waals surface area contributed by atoms with E-state index < -0.39 is 40.1 Å². The molecule has 0 aliphatic heterocycles. The molecule has 1 fully saturated rings. The molecule has 3 amide bonds. The predicted octanol–water partition coefficient (Wildman–Crippen LogP) is 4.03. The van der Waals surface area contributed by atoms with Crippen molar-refractivity contribution in [2.24, 2.45) is 17.0 Å². The molecule has 1 heterocycles. The lowest BCUT2D eigenvalue weighted by molar-refractivity contribution is -0.125. The molecule has 264 valence electrons. The Labute approximate surface area is 289 Å². The standard InChI is InChI=1S/C36H48N6O6S/c1-4-26(2)34(40-36(45)41(3)24-30-15-8-9-20-37-30)35(44)39-32(21-27-11-6-5-7-12-27)33(43)25-42(23-29-13-10-14-29)49(47,48)31-18-16-28(17-19-31)22-38-46/h5-9,11-12,15-20,22,26,29,32-34,43,46H,4,10,13-14,21,23-25H2,1-3H3,(H,39,44)(H,40,45)/t26-,32-,33+,34-/m0/s1. The molecule has 0 unspecified atom stereocenters. The van der Waals surface area contributed by atoms with E-state index in [1.165, 1.54) is 27.6 Å². The highest BCUT2D eigenvalue weighted by Gasteiger charge is 2.35. The van der Waals surface area contributed by atoms with E-state index in [4.69, 9.17) is 5.21 Å². The first-order valence-electron chi connectivity index (χ1n) is 16.7. The van der Waals surface area contributed by atoms with E-state index in [1.807, 2.05) is 56.3 Å². The van der Waals surface area contributed by atoms with Crippen molar-refractivity contribution in [1.29, 1.82) is 0 Å². The molecule has 49 heavy (non-hydrogen) atoms. The average Bonchev–Trinajstić information content (AvgIpc) is 3.08. The number of nitrogens with one attached hydrogen (secondary N) is 2. The zero-order valence-corrected chi connectivity index (χ0v) is 29.2. The van der Waals surface area contributed by atoms with E-state index in [-0.39, 0.29) is 42.8 Å². The minimum absolute atomic E-state index is 0.0483. The number of aliphatic hydroxyl groups excluding tert-OH is 1. The van der Waals surface area contributed by atoms with Crippen LogP contribution in [0, 0.1) is 11.8 Å². The molecule has 4 atom stereocenters. The Hall–Kier alpha value is -4.33. The lowest BCUT2D eigenvalue weighted by Gasteiger charge is -2.35. The number of oxime groups is 1. The van der Waals surface area contributed by atoms with Crippen LogP contribution in [-0.2, 0) is 27.8 Å². The van der Waals surface area contributed by atoms with Gasteiger partial charge in [-0.1, -0.05) is 80.4 Å². The highest BCUT2D eigenvalue weighted by molar-refractivity contribution is 7.89. The van der Waals surface area contributed by atoms with Crippen molar-refractivity contribution in [3.05, 3.63) is 95.8 Å². The van der Waals surface area contributed by atoms with Gasteiger partial charge in [-0.25, -0.2) is 13.2 Å². The zero-order chi connectivity index (χ0) is 35.4. The Morgan fingerprint density at radius 1 is 1.04 bits per heavy atom. The molecule has 1 aliphatic carbocycles. The van der Waals surface area contributed by atoms with Crippen LogP contribution >= 0.6 is 0 Å². The van der Waals surface area contributed by atoms with Crippen LogP contribution in [0.1, 0.15) is 56.4 Å². The third-order valence-corrected chi connectivity index (χ3v) is 11.0. The van der Waals surface area contributed by atoms with Crippen molar-refractivity contribution in [2.75, 3.05) is 20.1 Å². The van der Waals surface area contributed by atoms with Crippen molar-refractivity contribution < 1.29 is 28.3 Å². The first-order valence-corrected chi connectivity index (χ1v) is 18.2. The Morgan fingerprint density at radius 3 is 2.33 bits per heavy atom. The Morgan fingerprint density at radius 2 is 1.73 bits per heavy atom. The summed E-state index contributed by atoms with van der Waals surface area (Å²) in [6.45, 7) is 4.04. The molecule has 0 saturated heterocycles.